The Morgan fingerprint density at radius 3 is 2.50 bits per heavy atom. The lowest BCUT2D eigenvalue weighted by atomic mass is 9.83. The van der Waals surface area contributed by atoms with Gasteiger partial charge in [-0.05, 0) is 67.7 Å². The maximum Gasteiger partial charge on any atom is 0.271 e. The summed E-state index contributed by atoms with van der Waals surface area (Å²) in [5.41, 5.74) is 7.83. The summed E-state index contributed by atoms with van der Waals surface area (Å²) in [5, 5.41) is 0. The molecule has 0 fully saturated rings. The van der Waals surface area contributed by atoms with E-state index in [9.17, 15) is 4.79 Å². The highest BCUT2D eigenvalue weighted by molar-refractivity contribution is 7.07. The van der Waals surface area contributed by atoms with Crippen LogP contribution in [0.3, 0.4) is 0 Å². The molecule has 1 aromatic heterocycles. The number of hydrogen-bond donors (Lipinski definition) is 0. The minimum atomic E-state index is -0.252. The van der Waals surface area contributed by atoms with Gasteiger partial charge in [-0.25, -0.2) is 4.99 Å². The summed E-state index contributed by atoms with van der Waals surface area (Å²) in [5.74, 6) is 0.784. The molecule has 0 spiro atoms. The standard InChI is InChI=1S/C32H31N3O2S/c1-4-34(5-2)23-17-14-21(15-18-23)20-28-31(36)35-30(25-12-8-9-13-27(25)37-3)26-19-16-22-10-6-7-11-24(22)29(26)33-32(35)38-28/h6-15,17-18,20,30H,4-5,16,19H2,1-3H3/b28-20-. The molecule has 2 aliphatic rings. The molecule has 192 valence electrons. The molecule has 6 heteroatoms. The van der Waals surface area contributed by atoms with Gasteiger partial charge in [0.2, 0.25) is 0 Å². The summed E-state index contributed by atoms with van der Waals surface area (Å²) in [6.07, 6.45) is 3.78. The van der Waals surface area contributed by atoms with Gasteiger partial charge in [0.05, 0.1) is 23.4 Å². The van der Waals surface area contributed by atoms with Crippen molar-refractivity contribution in [3.63, 3.8) is 0 Å². The zero-order valence-corrected chi connectivity index (χ0v) is 22.8. The van der Waals surface area contributed by atoms with E-state index < -0.39 is 0 Å². The maximum absolute atomic E-state index is 14.0. The zero-order valence-electron chi connectivity index (χ0n) is 22.0. The van der Waals surface area contributed by atoms with Crippen LogP contribution in [0.2, 0.25) is 0 Å². The molecule has 0 saturated carbocycles. The zero-order chi connectivity index (χ0) is 26.2. The van der Waals surface area contributed by atoms with Gasteiger partial charge in [0.1, 0.15) is 5.75 Å². The monoisotopic (exact) mass is 521 g/mol. The number of ether oxygens (including phenoxy) is 1. The van der Waals surface area contributed by atoms with Gasteiger partial charge >= 0.3 is 0 Å². The van der Waals surface area contributed by atoms with Crippen LogP contribution in [0.5, 0.6) is 5.75 Å². The Bertz CT molecular complexity index is 1710. The molecule has 1 aliphatic carbocycles. The summed E-state index contributed by atoms with van der Waals surface area (Å²) in [6.45, 7) is 6.25. The molecule has 38 heavy (non-hydrogen) atoms. The van der Waals surface area contributed by atoms with Crippen molar-refractivity contribution in [2.45, 2.75) is 32.7 Å². The van der Waals surface area contributed by atoms with Crippen LogP contribution in [-0.4, -0.2) is 24.8 Å². The lowest BCUT2D eigenvalue weighted by Gasteiger charge is -2.31. The number of allylic oxidation sites excluding steroid dienone is 1. The molecule has 2 heterocycles. The molecule has 0 saturated heterocycles. The van der Waals surface area contributed by atoms with E-state index in [4.69, 9.17) is 9.73 Å². The van der Waals surface area contributed by atoms with Crippen LogP contribution in [0.15, 0.2) is 88.2 Å². The Balaban J connectivity index is 1.54. The van der Waals surface area contributed by atoms with Crippen molar-refractivity contribution in [2.24, 2.45) is 4.99 Å². The Morgan fingerprint density at radius 1 is 1.00 bits per heavy atom. The smallest absolute Gasteiger partial charge is 0.271 e. The first-order valence-corrected chi connectivity index (χ1v) is 14.1. The minimum Gasteiger partial charge on any atom is -0.496 e. The number of fused-ring (bicyclic) bond motifs is 3. The number of rotatable bonds is 6. The van der Waals surface area contributed by atoms with Gasteiger partial charge in [-0.1, -0.05) is 65.9 Å². The van der Waals surface area contributed by atoms with E-state index in [0.29, 0.717) is 4.53 Å². The molecule has 6 rings (SSSR count). The van der Waals surface area contributed by atoms with E-state index in [1.54, 1.807) is 7.11 Å². The highest BCUT2D eigenvalue weighted by Gasteiger charge is 2.33. The molecule has 5 nitrogen and oxygen atoms in total. The Morgan fingerprint density at radius 2 is 1.74 bits per heavy atom. The van der Waals surface area contributed by atoms with E-state index >= 15 is 0 Å². The second-order valence-electron chi connectivity index (χ2n) is 9.62. The quantitative estimate of drug-likeness (QED) is 0.352. The average molecular weight is 522 g/mol. The van der Waals surface area contributed by atoms with Crippen LogP contribution in [0.1, 0.15) is 48.6 Å². The molecule has 3 aromatic carbocycles. The van der Waals surface area contributed by atoms with Crippen LogP contribution in [0.4, 0.5) is 5.69 Å². The fourth-order valence-corrected chi connectivity index (χ4v) is 6.71. The SMILES string of the molecule is CCN(CC)c1ccc(/C=c2\sc3n(c2=O)C(c2ccccc2OC)C2=C(N=3)c3ccccc3CC2)cc1. The van der Waals surface area contributed by atoms with Gasteiger partial charge in [-0.2, -0.15) is 0 Å². The normalized spacial score (nSPS) is 16.4. The van der Waals surface area contributed by atoms with Crippen molar-refractivity contribution in [3.8, 4) is 5.75 Å². The number of hydrogen-bond acceptors (Lipinski definition) is 5. The Labute approximate surface area is 226 Å². The summed E-state index contributed by atoms with van der Waals surface area (Å²) < 4.78 is 8.34. The number of aromatic nitrogens is 1. The lowest BCUT2D eigenvalue weighted by Crippen LogP contribution is -2.39. The molecule has 1 atom stereocenters. The van der Waals surface area contributed by atoms with Crippen molar-refractivity contribution >= 4 is 28.8 Å². The fourth-order valence-electron chi connectivity index (χ4n) is 5.71. The third-order valence-corrected chi connectivity index (χ3v) is 8.61. The van der Waals surface area contributed by atoms with Crippen molar-refractivity contribution in [3.05, 3.63) is 120 Å². The van der Waals surface area contributed by atoms with Crippen LogP contribution in [0.25, 0.3) is 11.8 Å². The number of benzene rings is 3. The predicted octanol–water partition coefficient (Wildman–Crippen LogP) is 5.17. The lowest BCUT2D eigenvalue weighted by molar-refractivity contribution is 0.402. The molecule has 0 bridgehead atoms. The molecular formula is C32H31N3O2S. The first-order valence-electron chi connectivity index (χ1n) is 13.2. The first-order chi connectivity index (χ1) is 18.6. The first kappa shape index (κ1) is 24.4. The van der Waals surface area contributed by atoms with E-state index in [1.807, 2.05) is 28.8 Å². The Kier molecular flexibility index (Phi) is 6.50. The van der Waals surface area contributed by atoms with Crippen molar-refractivity contribution in [2.75, 3.05) is 25.1 Å². The van der Waals surface area contributed by atoms with Gasteiger partial charge in [0, 0.05) is 29.9 Å². The van der Waals surface area contributed by atoms with E-state index in [1.165, 1.54) is 33.7 Å². The highest BCUT2D eigenvalue weighted by atomic mass is 32.1. The summed E-state index contributed by atoms with van der Waals surface area (Å²) in [7, 11) is 1.69. The molecular weight excluding hydrogens is 490 g/mol. The summed E-state index contributed by atoms with van der Waals surface area (Å²) in [4.78, 5) is 22.2. The number of para-hydroxylation sites is 1. The third-order valence-electron chi connectivity index (χ3n) is 7.63. The number of nitrogens with zero attached hydrogens (tertiary/aromatic N) is 3. The Hall–Kier alpha value is -3.90. The molecule has 0 amide bonds. The summed E-state index contributed by atoms with van der Waals surface area (Å²) in [6, 6.07) is 24.7. The van der Waals surface area contributed by atoms with Crippen LogP contribution >= 0.6 is 11.3 Å². The van der Waals surface area contributed by atoms with Gasteiger partial charge < -0.3 is 9.64 Å². The van der Waals surface area contributed by atoms with Gasteiger partial charge in [0.15, 0.2) is 4.80 Å². The van der Waals surface area contributed by atoms with Crippen molar-refractivity contribution in [1.29, 1.82) is 0 Å². The maximum atomic E-state index is 14.0. The van der Waals surface area contributed by atoms with Crippen LogP contribution in [-0.2, 0) is 6.42 Å². The van der Waals surface area contributed by atoms with Crippen LogP contribution in [0, 0.1) is 0 Å². The number of anilines is 1. The van der Waals surface area contributed by atoms with Gasteiger partial charge in [0.25, 0.3) is 5.56 Å². The van der Waals surface area contributed by atoms with E-state index in [0.717, 1.165) is 53.3 Å². The predicted molar refractivity (Wildman–Crippen MR) is 156 cm³/mol. The third kappa shape index (κ3) is 4.09. The molecule has 1 unspecified atom stereocenters. The molecule has 0 N–H and O–H groups in total. The van der Waals surface area contributed by atoms with Gasteiger partial charge in [-0.3, -0.25) is 9.36 Å². The largest absolute Gasteiger partial charge is 0.496 e. The number of aryl methyl sites for hydroxylation is 1. The van der Waals surface area contributed by atoms with Crippen molar-refractivity contribution < 1.29 is 4.74 Å². The second kappa shape index (κ2) is 10.1. The molecule has 4 aromatic rings. The van der Waals surface area contributed by atoms with E-state index in [-0.39, 0.29) is 11.6 Å². The number of methoxy groups -OCH3 is 1. The number of thiazole rings is 1. The second-order valence-corrected chi connectivity index (χ2v) is 10.6. The average Bonchev–Trinajstić information content (AvgIpc) is 3.27. The fraction of sp³-hybridized carbons (Fsp3) is 0.250. The van der Waals surface area contributed by atoms with Gasteiger partial charge in [-0.15, -0.1) is 0 Å². The van der Waals surface area contributed by atoms with E-state index in [2.05, 4.69) is 73.3 Å². The molecule has 0 radical (unpaired) electrons. The topological polar surface area (TPSA) is 46.8 Å². The molecule has 1 aliphatic heterocycles. The minimum absolute atomic E-state index is 0.0112. The highest BCUT2D eigenvalue weighted by Crippen LogP contribution is 2.43. The van der Waals surface area contributed by atoms with Crippen LogP contribution < -0.4 is 24.5 Å². The summed E-state index contributed by atoms with van der Waals surface area (Å²) >= 11 is 1.46. The van der Waals surface area contributed by atoms with Crippen molar-refractivity contribution in [1.82, 2.24) is 4.57 Å².